The summed E-state index contributed by atoms with van der Waals surface area (Å²) in [5.74, 6) is 0.929. The molecule has 0 unspecified atom stereocenters. The lowest BCUT2D eigenvalue weighted by molar-refractivity contribution is -0.132. The second kappa shape index (κ2) is 6.87. The van der Waals surface area contributed by atoms with Crippen LogP contribution in [0, 0.1) is 11.3 Å². The van der Waals surface area contributed by atoms with Crippen molar-refractivity contribution in [2.24, 2.45) is 0 Å². The average molecular weight is 274 g/mol. The van der Waals surface area contributed by atoms with Crippen molar-refractivity contribution in [3.05, 3.63) is 23.9 Å². The van der Waals surface area contributed by atoms with Crippen molar-refractivity contribution in [2.75, 3.05) is 44.8 Å². The summed E-state index contributed by atoms with van der Waals surface area (Å²) in [6, 6.07) is 5.58. The van der Waals surface area contributed by atoms with E-state index in [-0.39, 0.29) is 5.91 Å². The van der Waals surface area contributed by atoms with Gasteiger partial charge in [-0.2, -0.15) is 5.26 Å². The van der Waals surface area contributed by atoms with Gasteiger partial charge in [-0.3, -0.25) is 4.79 Å². The molecule has 6 nitrogen and oxygen atoms in total. The molecule has 0 atom stereocenters. The molecule has 2 heterocycles. The molecule has 2 rings (SSSR count). The molecule has 6 heteroatoms. The second-order valence-corrected chi connectivity index (χ2v) is 4.63. The van der Waals surface area contributed by atoms with Crippen LogP contribution in [-0.4, -0.2) is 55.7 Å². The van der Waals surface area contributed by atoms with Crippen LogP contribution in [0.1, 0.15) is 12.0 Å². The number of anilines is 1. The maximum absolute atomic E-state index is 11.9. The topological polar surface area (TPSA) is 69.5 Å². The molecule has 0 spiro atoms. The van der Waals surface area contributed by atoms with E-state index in [1.54, 1.807) is 25.4 Å². The van der Waals surface area contributed by atoms with Crippen LogP contribution in [0.3, 0.4) is 0 Å². The molecule has 0 N–H and O–H groups in total. The third-order valence-corrected chi connectivity index (χ3v) is 3.35. The van der Waals surface area contributed by atoms with Gasteiger partial charge in [-0.05, 0) is 12.1 Å². The minimum absolute atomic E-state index is 0.130. The van der Waals surface area contributed by atoms with E-state index in [4.69, 9.17) is 10.00 Å². The minimum atomic E-state index is 0.130. The first-order valence-corrected chi connectivity index (χ1v) is 6.62. The lowest BCUT2D eigenvalue weighted by Crippen LogP contribution is -2.49. The fourth-order valence-electron chi connectivity index (χ4n) is 2.19. The van der Waals surface area contributed by atoms with E-state index in [9.17, 15) is 4.79 Å². The molecule has 0 radical (unpaired) electrons. The number of methoxy groups -OCH3 is 1. The maximum atomic E-state index is 11.9. The van der Waals surface area contributed by atoms with Gasteiger partial charge >= 0.3 is 0 Å². The van der Waals surface area contributed by atoms with Gasteiger partial charge in [0.1, 0.15) is 5.82 Å². The second-order valence-electron chi connectivity index (χ2n) is 4.63. The molecule has 1 aliphatic rings. The Hall–Kier alpha value is -2.13. The van der Waals surface area contributed by atoms with Gasteiger partial charge in [0.05, 0.1) is 24.7 Å². The van der Waals surface area contributed by atoms with Gasteiger partial charge < -0.3 is 14.5 Å². The number of hydrogen-bond acceptors (Lipinski definition) is 5. The van der Waals surface area contributed by atoms with Gasteiger partial charge in [-0.1, -0.05) is 0 Å². The van der Waals surface area contributed by atoms with Crippen LogP contribution in [-0.2, 0) is 9.53 Å². The Morgan fingerprint density at radius 1 is 1.45 bits per heavy atom. The zero-order valence-electron chi connectivity index (χ0n) is 11.6. The summed E-state index contributed by atoms with van der Waals surface area (Å²) in [4.78, 5) is 20.1. The number of rotatable bonds is 4. The predicted octanol–water partition coefficient (Wildman–Crippen LogP) is 0.638. The highest BCUT2D eigenvalue weighted by atomic mass is 16.5. The van der Waals surface area contributed by atoms with Crippen molar-refractivity contribution in [1.29, 1.82) is 5.26 Å². The number of aromatic nitrogens is 1. The van der Waals surface area contributed by atoms with E-state index < -0.39 is 0 Å². The quantitative estimate of drug-likeness (QED) is 0.806. The van der Waals surface area contributed by atoms with Crippen molar-refractivity contribution in [3.63, 3.8) is 0 Å². The van der Waals surface area contributed by atoms with Crippen LogP contribution in [0.4, 0.5) is 5.82 Å². The maximum Gasteiger partial charge on any atom is 0.225 e. The molecule has 1 aromatic heterocycles. The molecule has 1 fully saturated rings. The zero-order valence-corrected chi connectivity index (χ0v) is 11.6. The Balaban J connectivity index is 1.91. The van der Waals surface area contributed by atoms with Gasteiger partial charge in [-0.25, -0.2) is 4.98 Å². The SMILES string of the molecule is COCCC(=O)N1CCN(c2cc(C#N)ccn2)CC1. The number of hydrogen-bond donors (Lipinski definition) is 0. The van der Waals surface area contributed by atoms with E-state index in [1.165, 1.54) is 0 Å². The number of nitrogens with zero attached hydrogens (tertiary/aromatic N) is 4. The highest BCUT2D eigenvalue weighted by Gasteiger charge is 2.21. The highest BCUT2D eigenvalue weighted by molar-refractivity contribution is 5.76. The standard InChI is InChI=1S/C14H18N4O2/c1-20-9-3-14(19)18-7-5-17(6-8-18)13-10-12(11-15)2-4-16-13/h2,4,10H,3,5-9H2,1H3. The monoisotopic (exact) mass is 274 g/mol. The van der Waals surface area contributed by atoms with E-state index in [2.05, 4.69) is 16.0 Å². The molecule has 1 aromatic rings. The van der Waals surface area contributed by atoms with Crippen molar-refractivity contribution in [2.45, 2.75) is 6.42 Å². The molecule has 1 amide bonds. The smallest absolute Gasteiger partial charge is 0.225 e. The molecule has 106 valence electrons. The third kappa shape index (κ3) is 3.45. The molecule has 0 bridgehead atoms. The number of carbonyl (C=O) groups is 1. The molecule has 1 aliphatic heterocycles. The average Bonchev–Trinajstić information content (AvgIpc) is 2.52. The summed E-state index contributed by atoms with van der Waals surface area (Å²) in [6.45, 7) is 3.30. The van der Waals surface area contributed by atoms with Crippen LogP contribution >= 0.6 is 0 Å². The molecule has 1 saturated heterocycles. The van der Waals surface area contributed by atoms with Crippen molar-refractivity contribution < 1.29 is 9.53 Å². The number of amides is 1. The van der Waals surface area contributed by atoms with E-state index >= 15 is 0 Å². The van der Waals surface area contributed by atoms with Gasteiger partial charge in [0, 0.05) is 39.5 Å². The summed E-state index contributed by atoms with van der Waals surface area (Å²) in [6.07, 6.45) is 2.07. The fourth-order valence-corrected chi connectivity index (χ4v) is 2.19. The predicted molar refractivity (Wildman–Crippen MR) is 74.2 cm³/mol. The Bertz CT molecular complexity index is 504. The highest BCUT2D eigenvalue weighted by Crippen LogP contribution is 2.15. The number of nitriles is 1. The van der Waals surface area contributed by atoms with Crippen LogP contribution in [0.15, 0.2) is 18.3 Å². The molecular weight excluding hydrogens is 256 g/mol. The summed E-state index contributed by atoms with van der Waals surface area (Å²) in [5, 5.41) is 8.90. The molecule has 0 aromatic carbocycles. The first kappa shape index (κ1) is 14.3. The number of pyridine rings is 1. The number of ether oxygens (including phenoxy) is 1. The first-order valence-electron chi connectivity index (χ1n) is 6.62. The van der Waals surface area contributed by atoms with Crippen molar-refractivity contribution in [1.82, 2.24) is 9.88 Å². The molecule has 0 aliphatic carbocycles. The van der Waals surface area contributed by atoms with E-state index in [1.807, 2.05) is 4.90 Å². The van der Waals surface area contributed by atoms with Crippen LogP contribution < -0.4 is 4.90 Å². The fraction of sp³-hybridized carbons (Fsp3) is 0.500. The van der Waals surface area contributed by atoms with Gasteiger partial charge in [0.15, 0.2) is 0 Å². The summed E-state index contributed by atoms with van der Waals surface area (Å²) in [7, 11) is 1.60. The zero-order chi connectivity index (χ0) is 14.4. The number of carbonyl (C=O) groups excluding carboxylic acids is 1. The normalized spacial score (nSPS) is 15.0. The summed E-state index contributed by atoms with van der Waals surface area (Å²) < 4.78 is 4.92. The van der Waals surface area contributed by atoms with Crippen molar-refractivity contribution in [3.8, 4) is 6.07 Å². The molecule has 0 saturated carbocycles. The molecular formula is C14H18N4O2. The van der Waals surface area contributed by atoms with E-state index in [0.717, 1.165) is 18.9 Å². The van der Waals surface area contributed by atoms with Crippen LogP contribution in [0.2, 0.25) is 0 Å². The Morgan fingerprint density at radius 2 is 2.20 bits per heavy atom. The van der Waals surface area contributed by atoms with Gasteiger partial charge in [0.2, 0.25) is 5.91 Å². The largest absolute Gasteiger partial charge is 0.384 e. The van der Waals surface area contributed by atoms with Crippen molar-refractivity contribution >= 4 is 11.7 Å². The summed E-state index contributed by atoms with van der Waals surface area (Å²) in [5.41, 5.74) is 0.605. The molecule has 20 heavy (non-hydrogen) atoms. The number of piperazine rings is 1. The third-order valence-electron chi connectivity index (χ3n) is 3.35. The van der Waals surface area contributed by atoms with Crippen LogP contribution in [0.25, 0.3) is 0 Å². The van der Waals surface area contributed by atoms with Gasteiger partial charge in [0.25, 0.3) is 0 Å². The Morgan fingerprint density at radius 3 is 2.85 bits per heavy atom. The first-order chi connectivity index (χ1) is 9.74. The van der Waals surface area contributed by atoms with Crippen LogP contribution in [0.5, 0.6) is 0 Å². The minimum Gasteiger partial charge on any atom is -0.384 e. The van der Waals surface area contributed by atoms with Gasteiger partial charge in [-0.15, -0.1) is 0 Å². The lowest BCUT2D eigenvalue weighted by Gasteiger charge is -2.35. The Labute approximate surface area is 118 Å². The Kier molecular flexibility index (Phi) is 4.91. The van der Waals surface area contributed by atoms with E-state index in [0.29, 0.717) is 31.7 Å². The lowest BCUT2D eigenvalue weighted by atomic mass is 10.2. The summed E-state index contributed by atoms with van der Waals surface area (Å²) >= 11 is 0.